The van der Waals surface area contributed by atoms with E-state index in [-0.39, 0.29) is 24.9 Å². The average Bonchev–Trinajstić information content (AvgIpc) is 3.16. The monoisotopic (exact) mass is 405 g/mol. The molecule has 2 aromatic carbocycles. The Balaban J connectivity index is 1.55. The van der Waals surface area contributed by atoms with Crippen LogP contribution >= 0.6 is 0 Å². The third-order valence-electron chi connectivity index (χ3n) is 5.18. The number of carbonyl (C=O) groups is 3. The van der Waals surface area contributed by atoms with E-state index in [1.807, 2.05) is 43.3 Å². The maximum Gasteiger partial charge on any atom is 0.312 e. The second-order valence-corrected chi connectivity index (χ2v) is 7.29. The Morgan fingerprint density at radius 1 is 1.13 bits per heavy atom. The minimum absolute atomic E-state index is 0.0694. The Labute approximate surface area is 175 Å². The van der Waals surface area contributed by atoms with Crippen LogP contribution in [-0.4, -0.2) is 35.3 Å². The predicted octanol–water partition coefficient (Wildman–Crippen LogP) is 3.04. The first-order valence-electron chi connectivity index (χ1n) is 9.75. The Morgan fingerprint density at radius 3 is 2.43 bits per heavy atom. The molecular weight excluding hydrogens is 382 g/mol. The fourth-order valence-electron chi connectivity index (χ4n) is 3.37. The molecular formula is C23H23N3O4. The van der Waals surface area contributed by atoms with Gasteiger partial charge in [-0.1, -0.05) is 30.3 Å². The van der Waals surface area contributed by atoms with Gasteiger partial charge in [0.15, 0.2) is 6.10 Å². The largest absolute Gasteiger partial charge is 0.452 e. The zero-order chi connectivity index (χ0) is 21.7. The van der Waals surface area contributed by atoms with Gasteiger partial charge in [0.05, 0.1) is 23.6 Å². The molecule has 30 heavy (non-hydrogen) atoms. The van der Waals surface area contributed by atoms with Crippen molar-refractivity contribution in [2.75, 3.05) is 11.9 Å². The van der Waals surface area contributed by atoms with Gasteiger partial charge in [0.25, 0.3) is 5.91 Å². The van der Waals surface area contributed by atoms with Gasteiger partial charge in [0.2, 0.25) is 5.91 Å². The lowest BCUT2D eigenvalue weighted by Crippen LogP contribution is -2.33. The van der Waals surface area contributed by atoms with Gasteiger partial charge in [0, 0.05) is 18.7 Å². The van der Waals surface area contributed by atoms with Crippen LogP contribution in [-0.2, 0) is 19.1 Å². The summed E-state index contributed by atoms with van der Waals surface area (Å²) in [5.74, 6) is -1.75. The van der Waals surface area contributed by atoms with Crippen molar-refractivity contribution >= 4 is 23.5 Å². The molecule has 7 nitrogen and oxygen atoms in total. The lowest BCUT2D eigenvalue weighted by Gasteiger charge is -2.25. The summed E-state index contributed by atoms with van der Waals surface area (Å²) >= 11 is 0. The van der Waals surface area contributed by atoms with Crippen LogP contribution in [0.2, 0.25) is 0 Å². The van der Waals surface area contributed by atoms with Gasteiger partial charge in [-0.25, -0.2) is 0 Å². The summed E-state index contributed by atoms with van der Waals surface area (Å²) in [6.07, 6.45) is -0.941. The van der Waals surface area contributed by atoms with E-state index in [2.05, 4.69) is 5.32 Å². The van der Waals surface area contributed by atoms with Crippen LogP contribution in [0.3, 0.4) is 0 Å². The summed E-state index contributed by atoms with van der Waals surface area (Å²) in [5.41, 5.74) is 1.98. The Kier molecular flexibility index (Phi) is 6.48. The third kappa shape index (κ3) is 4.84. The normalized spacial score (nSPS) is 17.7. The molecule has 0 saturated carbocycles. The molecule has 3 rings (SSSR count). The van der Waals surface area contributed by atoms with Crippen molar-refractivity contribution in [2.45, 2.75) is 32.4 Å². The van der Waals surface area contributed by atoms with Crippen molar-refractivity contribution < 1.29 is 19.1 Å². The van der Waals surface area contributed by atoms with Crippen molar-refractivity contribution in [3.05, 3.63) is 65.7 Å². The molecule has 1 aliphatic heterocycles. The second-order valence-electron chi connectivity index (χ2n) is 7.29. The van der Waals surface area contributed by atoms with E-state index in [0.717, 1.165) is 5.56 Å². The third-order valence-corrected chi connectivity index (χ3v) is 5.18. The summed E-state index contributed by atoms with van der Waals surface area (Å²) in [6.45, 7) is 3.67. The van der Waals surface area contributed by atoms with Crippen molar-refractivity contribution in [1.82, 2.24) is 4.90 Å². The number of likely N-dealkylation sites (tertiary alicyclic amines) is 1. The van der Waals surface area contributed by atoms with Crippen LogP contribution in [0, 0.1) is 17.2 Å². The number of hydrogen-bond acceptors (Lipinski definition) is 5. The number of nitriles is 1. The highest BCUT2D eigenvalue weighted by atomic mass is 16.5. The molecule has 0 aliphatic carbocycles. The van der Waals surface area contributed by atoms with Gasteiger partial charge in [-0.15, -0.1) is 0 Å². The van der Waals surface area contributed by atoms with Crippen LogP contribution in [0.25, 0.3) is 0 Å². The number of nitrogens with one attached hydrogen (secondary N) is 1. The molecule has 0 unspecified atom stereocenters. The molecule has 1 aliphatic rings. The summed E-state index contributed by atoms with van der Waals surface area (Å²) in [7, 11) is 0. The van der Waals surface area contributed by atoms with Crippen molar-refractivity contribution in [1.29, 1.82) is 5.26 Å². The highest BCUT2D eigenvalue weighted by Crippen LogP contribution is 2.29. The van der Waals surface area contributed by atoms with Crippen LogP contribution in [0.4, 0.5) is 5.69 Å². The lowest BCUT2D eigenvalue weighted by atomic mass is 10.1. The number of benzene rings is 2. The van der Waals surface area contributed by atoms with Crippen LogP contribution < -0.4 is 5.32 Å². The van der Waals surface area contributed by atoms with Crippen LogP contribution in [0.15, 0.2) is 54.6 Å². The van der Waals surface area contributed by atoms with Gasteiger partial charge in [-0.05, 0) is 43.7 Å². The Bertz CT molecular complexity index is 966. The molecule has 0 spiro atoms. The molecule has 0 radical (unpaired) electrons. The zero-order valence-electron chi connectivity index (χ0n) is 16.9. The fourth-order valence-corrected chi connectivity index (χ4v) is 3.37. The second kappa shape index (κ2) is 9.23. The van der Waals surface area contributed by atoms with E-state index in [1.165, 1.54) is 6.92 Å². The van der Waals surface area contributed by atoms with E-state index in [4.69, 9.17) is 10.00 Å². The number of rotatable bonds is 6. The zero-order valence-corrected chi connectivity index (χ0v) is 16.9. The molecule has 0 bridgehead atoms. The van der Waals surface area contributed by atoms with Crippen LogP contribution in [0.1, 0.15) is 37.4 Å². The summed E-state index contributed by atoms with van der Waals surface area (Å²) in [6, 6.07) is 17.8. The number of ether oxygens (including phenoxy) is 1. The highest BCUT2D eigenvalue weighted by Gasteiger charge is 2.38. The smallest absolute Gasteiger partial charge is 0.312 e. The summed E-state index contributed by atoms with van der Waals surface area (Å²) in [4.78, 5) is 38.9. The molecule has 154 valence electrons. The quantitative estimate of drug-likeness (QED) is 0.745. The number of nitrogens with zero attached hydrogens (tertiary/aromatic N) is 2. The maximum absolute atomic E-state index is 12.5. The number of hydrogen-bond donors (Lipinski definition) is 1. The number of esters is 1. The van der Waals surface area contributed by atoms with E-state index >= 15 is 0 Å². The topological polar surface area (TPSA) is 99.5 Å². The minimum Gasteiger partial charge on any atom is -0.452 e. The first-order chi connectivity index (χ1) is 14.4. The standard InChI is InChI=1S/C23H23N3O4/c1-15(18-6-4-3-5-7-18)26-14-19(12-21(26)27)23(29)30-16(2)22(28)25-20-10-8-17(13-24)9-11-20/h3-11,15-16,19H,12,14H2,1-2H3,(H,25,28)/t15-,16-,19+/m0/s1. The predicted molar refractivity (Wildman–Crippen MR) is 110 cm³/mol. The summed E-state index contributed by atoms with van der Waals surface area (Å²) in [5, 5.41) is 11.5. The average molecular weight is 405 g/mol. The molecule has 2 aromatic rings. The van der Waals surface area contributed by atoms with E-state index in [0.29, 0.717) is 11.3 Å². The highest BCUT2D eigenvalue weighted by molar-refractivity contribution is 5.95. The fraction of sp³-hybridized carbons (Fsp3) is 0.304. The van der Waals surface area contributed by atoms with Crippen molar-refractivity contribution in [3.63, 3.8) is 0 Å². The van der Waals surface area contributed by atoms with Gasteiger partial charge >= 0.3 is 5.97 Å². The lowest BCUT2D eigenvalue weighted by molar-refractivity contribution is -0.157. The molecule has 2 amide bonds. The summed E-state index contributed by atoms with van der Waals surface area (Å²) < 4.78 is 5.31. The van der Waals surface area contributed by atoms with Crippen molar-refractivity contribution in [3.8, 4) is 6.07 Å². The number of anilines is 1. The molecule has 3 atom stereocenters. The minimum atomic E-state index is -1.01. The maximum atomic E-state index is 12.5. The van der Waals surface area contributed by atoms with E-state index < -0.39 is 23.9 Å². The molecule has 1 fully saturated rings. The van der Waals surface area contributed by atoms with Gasteiger partial charge in [-0.3, -0.25) is 14.4 Å². The van der Waals surface area contributed by atoms with Gasteiger partial charge in [0.1, 0.15) is 0 Å². The Morgan fingerprint density at radius 2 is 1.80 bits per heavy atom. The molecule has 1 heterocycles. The molecule has 0 aromatic heterocycles. The van der Waals surface area contributed by atoms with Crippen LogP contribution in [0.5, 0.6) is 0 Å². The van der Waals surface area contributed by atoms with Crippen molar-refractivity contribution in [2.24, 2.45) is 5.92 Å². The first-order valence-corrected chi connectivity index (χ1v) is 9.75. The number of carbonyl (C=O) groups excluding carboxylic acids is 3. The molecule has 7 heteroatoms. The van der Waals surface area contributed by atoms with Gasteiger partial charge in [-0.2, -0.15) is 5.26 Å². The molecule has 1 saturated heterocycles. The van der Waals surface area contributed by atoms with E-state index in [1.54, 1.807) is 29.2 Å². The first kappa shape index (κ1) is 21.1. The molecule has 1 N–H and O–H groups in total. The number of amides is 2. The SMILES string of the molecule is C[C@H](OC(=O)[C@@H]1CC(=O)N([C@@H](C)c2ccccc2)C1)C(=O)Nc1ccc(C#N)cc1. The Hall–Kier alpha value is -3.66. The van der Waals surface area contributed by atoms with Gasteiger partial charge < -0.3 is 15.0 Å². The van der Waals surface area contributed by atoms with E-state index in [9.17, 15) is 14.4 Å².